The Morgan fingerprint density at radius 1 is 0.911 bits per heavy atom. The van der Waals surface area contributed by atoms with Gasteiger partial charge in [0, 0.05) is 17.6 Å². The molecule has 1 fully saturated rings. The number of halogens is 3. The molecular formula is C28H34F3N5O8S. The van der Waals surface area contributed by atoms with Gasteiger partial charge in [0.15, 0.2) is 0 Å². The Hall–Kier alpha value is -4.38. The summed E-state index contributed by atoms with van der Waals surface area (Å²) in [7, 11) is -3.93. The molecule has 0 aliphatic heterocycles. The van der Waals surface area contributed by atoms with Gasteiger partial charge in [0.25, 0.3) is 11.8 Å². The lowest BCUT2D eigenvalue weighted by molar-refractivity contribution is -0.274. The number of carbonyl (C=O) groups excluding carboxylic acids is 4. The molecule has 0 aromatic heterocycles. The minimum absolute atomic E-state index is 0.156. The zero-order valence-corrected chi connectivity index (χ0v) is 25.4. The Bertz CT molecular complexity index is 1530. The topological polar surface area (TPSA) is 195 Å². The molecule has 3 rings (SSSR count). The Balaban J connectivity index is 1.66. The van der Waals surface area contributed by atoms with Crippen molar-refractivity contribution in [2.24, 2.45) is 5.14 Å². The van der Waals surface area contributed by atoms with E-state index >= 15 is 0 Å². The zero-order chi connectivity index (χ0) is 33.6. The number of anilines is 1. The first-order valence-corrected chi connectivity index (χ1v) is 15.3. The van der Waals surface area contributed by atoms with Crippen LogP contribution in [0.4, 0.5) is 23.7 Å². The maximum Gasteiger partial charge on any atom is 0.573 e. The number of carbonyl (C=O) groups is 4. The number of nitrogens with one attached hydrogen (secondary N) is 4. The van der Waals surface area contributed by atoms with Gasteiger partial charge in [-0.15, -0.1) is 13.2 Å². The van der Waals surface area contributed by atoms with Crippen LogP contribution in [0.2, 0.25) is 0 Å². The average molecular weight is 658 g/mol. The Labute approximate surface area is 257 Å². The third-order valence-electron chi connectivity index (χ3n) is 6.39. The maximum atomic E-state index is 13.0. The molecule has 0 spiro atoms. The normalized spacial score (nSPS) is 17.0. The summed E-state index contributed by atoms with van der Waals surface area (Å²) in [5.74, 6) is -2.86. The van der Waals surface area contributed by atoms with Crippen molar-refractivity contribution < 1.29 is 50.2 Å². The van der Waals surface area contributed by atoms with Gasteiger partial charge in [-0.05, 0) is 76.1 Å². The summed E-state index contributed by atoms with van der Waals surface area (Å²) in [6.07, 6.45) is -3.46. The summed E-state index contributed by atoms with van der Waals surface area (Å²) in [6, 6.07) is 6.71. The monoisotopic (exact) mass is 657 g/mol. The lowest BCUT2D eigenvalue weighted by Crippen LogP contribution is -2.54. The molecule has 246 valence electrons. The SMILES string of the molecule is CC(C)(C)OC(=O)Nc1ccc(OC(F)(F)F)cc1C(=O)NCC(=O)N[C@H]1CCCC[C@H]1NC(=O)c1ccc(S(N)(=O)=O)cc1. The molecule has 17 heteroatoms. The minimum Gasteiger partial charge on any atom is -0.444 e. The van der Waals surface area contributed by atoms with Crippen LogP contribution in [-0.4, -0.2) is 62.8 Å². The van der Waals surface area contributed by atoms with Crippen LogP contribution in [0.3, 0.4) is 0 Å². The maximum absolute atomic E-state index is 13.0. The minimum atomic E-state index is -5.05. The predicted octanol–water partition coefficient (Wildman–Crippen LogP) is 3.17. The van der Waals surface area contributed by atoms with Gasteiger partial charge in [-0.25, -0.2) is 18.4 Å². The summed E-state index contributed by atoms with van der Waals surface area (Å²) >= 11 is 0. The van der Waals surface area contributed by atoms with Crippen LogP contribution in [0.5, 0.6) is 5.75 Å². The van der Waals surface area contributed by atoms with Crippen LogP contribution >= 0.6 is 0 Å². The molecule has 2 atom stereocenters. The lowest BCUT2D eigenvalue weighted by atomic mass is 9.90. The van der Waals surface area contributed by atoms with E-state index in [4.69, 9.17) is 9.88 Å². The molecule has 1 aliphatic carbocycles. The van der Waals surface area contributed by atoms with Gasteiger partial charge < -0.3 is 25.4 Å². The van der Waals surface area contributed by atoms with Gasteiger partial charge in [0.1, 0.15) is 11.4 Å². The molecule has 2 aromatic carbocycles. The first-order chi connectivity index (χ1) is 20.8. The van der Waals surface area contributed by atoms with Gasteiger partial charge in [0.05, 0.1) is 22.7 Å². The first-order valence-electron chi connectivity index (χ1n) is 13.7. The van der Waals surface area contributed by atoms with E-state index < -0.39 is 75.7 Å². The fourth-order valence-corrected chi connectivity index (χ4v) is 4.98. The second-order valence-corrected chi connectivity index (χ2v) is 12.7. The number of sulfonamides is 1. The highest BCUT2D eigenvalue weighted by atomic mass is 32.2. The molecule has 2 aromatic rings. The van der Waals surface area contributed by atoms with Crippen LogP contribution in [0.25, 0.3) is 0 Å². The summed E-state index contributed by atoms with van der Waals surface area (Å²) in [5, 5.41) is 15.3. The highest BCUT2D eigenvalue weighted by Crippen LogP contribution is 2.28. The molecule has 6 N–H and O–H groups in total. The highest BCUT2D eigenvalue weighted by molar-refractivity contribution is 7.89. The Morgan fingerprint density at radius 2 is 1.51 bits per heavy atom. The quantitative estimate of drug-likeness (QED) is 0.271. The van der Waals surface area contributed by atoms with E-state index in [1.165, 1.54) is 24.3 Å². The number of amides is 4. The van der Waals surface area contributed by atoms with Crippen LogP contribution in [0, 0.1) is 0 Å². The second-order valence-electron chi connectivity index (χ2n) is 11.2. The van der Waals surface area contributed by atoms with Gasteiger partial charge in [-0.2, -0.15) is 0 Å². The summed E-state index contributed by atoms with van der Waals surface area (Å²) in [4.78, 5) is 50.7. The predicted molar refractivity (Wildman–Crippen MR) is 155 cm³/mol. The average Bonchev–Trinajstić information content (AvgIpc) is 2.91. The lowest BCUT2D eigenvalue weighted by Gasteiger charge is -2.33. The van der Waals surface area contributed by atoms with Crippen molar-refractivity contribution in [1.29, 1.82) is 0 Å². The molecule has 0 unspecified atom stereocenters. The van der Waals surface area contributed by atoms with Crippen LogP contribution in [0.1, 0.15) is 67.2 Å². The van der Waals surface area contributed by atoms with Gasteiger partial charge >= 0.3 is 12.5 Å². The Kier molecular flexibility index (Phi) is 11.0. The molecule has 13 nitrogen and oxygen atoms in total. The summed E-state index contributed by atoms with van der Waals surface area (Å²) < 4.78 is 70.3. The Morgan fingerprint density at radius 3 is 2.07 bits per heavy atom. The largest absolute Gasteiger partial charge is 0.573 e. The molecule has 1 aliphatic rings. The number of nitrogens with two attached hydrogens (primary N) is 1. The number of benzene rings is 2. The van der Waals surface area contributed by atoms with Crippen molar-refractivity contribution in [2.75, 3.05) is 11.9 Å². The van der Waals surface area contributed by atoms with Crippen molar-refractivity contribution in [3.8, 4) is 5.75 Å². The third-order valence-corrected chi connectivity index (χ3v) is 7.32. The number of hydrogen-bond acceptors (Lipinski definition) is 8. The number of ether oxygens (including phenoxy) is 2. The van der Waals surface area contributed by atoms with E-state index in [1.807, 2.05) is 0 Å². The van der Waals surface area contributed by atoms with Crippen molar-refractivity contribution in [2.45, 2.75) is 75.4 Å². The molecule has 0 saturated heterocycles. The molecule has 0 radical (unpaired) electrons. The van der Waals surface area contributed by atoms with E-state index in [0.29, 0.717) is 12.8 Å². The van der Waals surface area contributed by atoms with E-state index in [2.05, 4.69) is 26.0 Å². The van der Waals surface area contributed by atoms with Crippen LogP contribution in [0.15, 0.2) is 47.4 Å². The first kappa shape index (κ1) is 35.1. The fourth-order valence-electron chi connectivity index (χ4n) is 4.47. The van der Waals surface area contributed by atoms with Crippen molar-refractivity contribution >= 4 is 39.5 Å². The van der Waals surface area contributed by atoms with E-state index in [0.717, 1.165) is 31.0 Å². The van der Waals surface area contributed by atoms with Crippen LogP contribution < -0.4 is 31.1 Å². The third kappa shape index (κ3) is 11.2. The van der Waals surface area contributed by atoms with Gasteiger partial charge in [0.2, 0.25) is 15.9 Å². The van der Waals surface area contributed by atoms with E-state index in [1.54, 1.807) is 20.8 Å². The highest BCUT2D eigenvalue weighted by Gasteiger charge is 2.32. The smallest absolute Gasteiger partial charge is 0.444 e. The summed E-state index contributed by atoms with van der Waals surface area (Å²) in [5.41, 5.74) is -1.34. The second kappa shape index (κ2) is 14.2. The number of alkyl halides is 3. The van der Waals surface area contributed by atoms with Gasteiger partial charge in [-0.1, -0.05) is 12.8 Å². The van der Waals surface area contributed by atoms with E-state index in [9.17, 15) is 40.8 Å². The molecule has 45 heavy (non-hydrogen) atoms. The van der Waals surface area contributed by atoms with Crippen LogP contribution in [-0.2, 0) is 19.6 Å². The molecule has 0 heterocycles. The van der Waals surface area contributed by atoms with E-state index in [-0.39, 0.29) is 16.1 Å². The number of primary sulfonamides is 1. The van der Waals surface area contributed by atoms with Gasteiger partial charge in [-0.3, -0.25) is 19.7 Å². The number of rotatable bonds is 9. The van der Waals surface area contributed by atoms with Crippen molar-refractivity contribution in [1.82, 2.24) is 16.0 Å². The standard InChI is InChI=1S/C28H34F3N5O8S/c1-27(2,3)44-26(40)36-20-13-10-17(43-28(29,30)31)14-19(20)25(39)33-15-23(37)34-21-6-4-5-7-22(21)35-24(38)16-8-11-18(12-9-16)45(32,41)42/h8-14,21-22H,4-7,15H2,1-3H3,(H,33,39)(H,34,37)(H,35,38)(H,36,40)(H2,32,41,42)/t21-,22+/m0/s1. The molecule has 0 bridgehead atoms. The molecule has 1 saturated carbocycles. The van der Waals surface area contributed by atoms with Crippen molar-refractivity contribution in [3.05, 3.63) is 53.6 Å². The fraction of sp³-hybridized carbons (Fsp3) is 0.429. The van der Waals surface area contributed by atoms with Crippen molar-refractivity contribution in [3.63, 3.8) is 0 Å². The molecule has 4 amide bonds. The number of hydrogen-bond donors (Lipinski definition) is 5. The zero-order valence-electron chi connectivity index (χ0n) is 24.6. The molecular weight excluding hydrogens is 623 g/mol. The summed E-state index contributed by atoms with van der Waals surface area (Å²) in [6.45, 7) is 4.20.